The van der Waals surface area contributed by atoms with Gasteiger partial charge >= 0.3 is 7.82 Å². The first kappa shape index (κ1) is 30.5. The predicted octanol–water partition coefficient (Wildman–Crippen LogP) is 7.86. The van der Waals surface area contributed by atoms with E-state index in [1.165, 1.54) is 51.4 Å². The smallest absolute Gasteiger partial charge is 0.369 e. The Morgan fingerprint density at radius 1 is 1.00 bits per heavy atom. The molecule has 12 heteroatoms. The number of benzene rings is 1. The van der Waals surface area contributed by atoms with Crippen molar-refractivity contribution in [2.24, 2.45) is 10.2 Å². The van der Waals surface area contributed by atoms with Crippen LogP contribution in [-0.4, -0.2) is 40.8 Å². The van der Waals surface area contributed by atoms with Crippen molar-refractivity contribution in [2.75, 3.05) is 24.6 Å². The molecule has 2 N–H and O–H groups in total. The van der Waals surface area contributed by atoms with Gasteiger partial charge in [0.25, 0.3) is 0 Å². The monoisotopic (exact) mass is 558 g/mol. The van der Waals surface area contributed by atoms with Crippen LogP contribution in [0.3, 0.4) is 0 Å². The van der Waals surface area contributed by atoms with Gasteiger partial charge in [-0.2, -0.15) is 0 Å². The minimum absolute atomic E-state index is 0.0760. The summed E-state index contributed by atoms with van der Waals surface area (Å²) in [6.07, 6.45) is 13.0. The maximum atomic E-state index is 11.1. The second kappa shape index (κ2) is 16.9. The van der Waals surface area contributed by atoms with Crippen LogP contribution in [0, 0.1) is 0 Å². The number of hydrogen-bond donors (Lipinski definition) is 2. The van der Waals surface area contributed by atoms with E-state index in [4.69, 9.17) is 21.4 Å². The van der Waals surface area contributed by atoms with E-state index in [2.05, 4.69) is 31.6 Å². The van der Waals surface area contributed by atoms with Crippen molar-refractivity contribution in [3.05, 3.63) is 34.3 Å². The third-order valence-corrected chi connectivity index (χ3v) is 7.36. The maximum absolute atomic E-state index is 11.1. The van der Waals surface area contributed by atoms with Gasteiger partial charge in [0.1, 0.15) is 4.88 Å². The van der Waals surface area contributed by atoms with Crippen LogP contribution < -0.4 is 4.90 Å². The number of anilines is 1. The molecule has 2 rings (SSSR count). The molecule has 0 aliphatic carbocycles. The number of rotatable bonds is 19. The van der Waals surface area contributed by atoms with Crippen LogP contribution in [0.25, 0.3) is 0 Å². The molecule has 0 saturated heterocycles. The summed E-state index contributed by atoms with van der Waals surface area (Å²) in [6, 6.07) is 7.36. The number of hydrogen-bond acceptors (Lipinski definition) is 8. The predicted molar refractivity (Wildman–Crippen MR) is 145 cm³/mol. The van der Waals surface area contributed by atoms with Gasteiger partial charge in [-0.25, -0.2) is 9.55 Å². The zero-order chi connectivity index (χ0) is 26.2. The van der Waals surface area contributed by atoms with Crippen LogP contribution in [0.1, 0.15) is 80.8 Å². The zero-order valence-corrected chi connectivity index (χ0v) is 23.2. The van der Waals surface area contributed by atoms with Crippen LogP contribution in [0.15, 0.2) is 34.5 Å². The largest absolute Gasteiger partial charge is 0.469 e. The van der Waals surface area contributed by atoms with Crippen molar-refractivity contribution in [1.29, 1.82) is 0 Å². The second-order valence-corrected chi connectivity index (χ2v) is 11.1. The van der Waals surface area contributed by atoms with E-state index >= 15 is 0 Å². The molecular formula is C24H36ClN4O5PS. The van der Waals surface area contributed by atoms with Gasteiger partial charge in [-0.1, -0.05) is 87.6 Å². The molecule has 0 aliphatic rings. The molecule has 0 bridgehead atoms. The summed E-state index contributed by atoms with van der Waals surface area (Å²) < 4.78 is 15.7. The Morgan fingerprint density at radius 2 is 1.61 bits per heavy atom. The van der Waals surface area contributed by atoms with E-state index in [-0.39, 0.29) is 11.8 Å². The quantitative estimate of drug-likeness (QED) is 0.0777. The minimum atomic E-state index is -4.51. The molecule has 1 aromatic carbocycles. The fourth-order valence-corrected chi connectivity index (χ4v) is 4.88. The Morgan fingerprint density at radius 3 is 2.17 bits per heavy atom. The van der Waals surface area contributed by atoms with Gasteiger partial charge in [0, 0.05) is 18.8 Å². The van der Waals surface area contributed by atoms with E-state index in [0.717, 1.165) is 36.4 Å². The van der Waals surface area contributed by atoms with Crippen molar-refractivity contribution >= 4 is 53.6 Å². The maximum Gasteiger partial charge on any atom is 0.469 e. The lowest BCUT2D eigenvalue weighted by Crippen LogP contribution is -2.28. The number of halogens is 1. The highest BCUT2D eigenvalue weighted by molar-refractivity contribution is 7.46. The molecule has 9 nitrogen and oxygen atoms in total. The molecule has 0 radical (unpaired) electrons. The van der Waals surface area contributed by atoms with E-state index in [1.54, 1.807) is 12.1 Å². The molecule has 1 heterocycles. The molecule has 1 aromatic heterocycles. The van der Waals surface area contributed by atoms with Gasteiger partial charge in [-0.3, -0.25) is 9.32 Å². The van der Waals surface area contributed by atoms with Gasteiger partial charge in [0.15, 0.2) is 11.4 Å². The molecule has 2 aromatic rings. The van der Waals surface area contributed by atoms with Gasteiger partial charge in [-0.05, 0) is 30.7 Å². The van der Waals surface area contributed by atoms with E-state index < -0.39 is 7.82 Å². The second-order valence-electron chi connectivity index (χ2n) is 8.48. The summed E-state index contributed by atoms with van der Waals surface area (Å²) in [6.45, 7) is 3.27. The van der Waals surface area contributed by atoms with Crippen molar-refractivity contribution in [2.45, 2.75) is 71.1 Å². The number of carbonyl (C=O) groups is 1. The number of aldehydes is 1. The molecule has 0 atom stereocenters. The highest BCUT2D eigenvalue weighted by atomic mass is 35.5. The van der Waals surface area contributed by atoms with Crippen LogP contribution in [-0.2, 0) is 9.09 Å². The SMILES string of the molecule is CCCCCCCCCCCCN(CCOP(=O)(O)O)c1ccc(/N=N/c2nc(Cl)c(C=O)s2)cc1. The topological polar surface area (TPSA) is 125 Å². The minimum Gasteiger partial charge on any atom is -0.369 e. The number of phosphoric acid groups is 1. The first-order valence-electron chi connectivity index (χ1n) is 12.4. The lowest BCUT2D eigenvalue weighted by molar-refractivity contribution is 0.112. The Labute approximate surface area is 222 Å². The summed E-state index contributed by atoms with van der Waals surface area (Å²) in [4.78, 5) is 35.2. The zero-order valence-electron chi connectivity index (χ0n) is 20.7. The van der Waals surface area contributed by atoms with Crippen LogP contribution in [0.2, 0.25) is 5.15 Å². The van der Waals surface area contributed by atoms with Crippen molar-refractivity contribution in [1.82, 2.24) is 4.98 Å². The highest BCUT2D eigenvalue weighted by Crippen LogP contribution is 2.35. The lowest BCUT2D eigenvalue weighted by atomic mass is 10.1. The number of nitrogens with zero attached hydrogens (tertiary/aromatic N) is 4. The van der Waals surface area contributed by atoms with Crippen molar-refractivity contribution in [3.63, 3.8) is 0 Å². The normalized spacial score (nSPS) is 11.9. The molecule has 0 saturated carbocycles. The van der Waals surface area contributed by atoms with E-state index in [1.807, 2.05) is 12.1 Å². The molecule has 0 fully saturated rings. The Kier molecular flexibility index (Phi) is 14.4. The third kappa shape index (κ3) is 12.5. The summed E-state index contributed by atoms with van der Waals surface area (Å²) in [5.41, 5.74) is 1.50. The number of phosphoric ester groups is 1. The number of unbranched alkanes of at least 4 members (excludes halogenated alkanes) is 9. The number of thiazole rings is 1. The van der Waals surface area contributed by atoms with E-state index in [9.17, 15) is 9.36 Å². The number of azo groups is 1. The Hall–Kier alpha value is -1.68. The van der Waals surface area contributed by atoms with Crippen molar-refractivity contribution < 1.29 is 23.7 Å². The number of aromatic nitrogens is 1. The van der Waals surface area contributed by atoms with Gasteiger partial charge in [0.2, 0.25) is 5.13 Å². The van der Waals surface area contributed by atoms with Crippen LogP contribution >= 0.6 is 30.8 Å². The van der Waals surface area contributed by atoms with E-state index in [0.29, 0.717) is 28.5 Å². The Bertz CT molecular complexity index is 983. The molecule has 0 amide bonds. The molecule has 0 aliphatic heterocycles. The first-order chi connectivity index (χ1) is 17.3. The van der Waals surface area contributed by atoms with Crippen LogP contribution in [0.5, 0.6) is 0 Å². The summed E-state index contributed by atoms with van der Waals surface area (Å²) in [5.74, 6) is 0. The highest BCUT2D eigenvalue weighted by Gasteiger charge is 2.15. The van der Waals surface area contributed by atoms with Crippen LogP contribution in [0.4, 0.5) is 16.5 Å². The standard InChI is InChI=1S/C24H36ClN4O5PS/c1-2-3-4-5-6-7-8-9-10-11-16-29(17-18-34-35(31,32)33)21-14-12-20(13-15-21)27-28-24-26-23(25)22(19-30)36-24/h12-15,19H,2-11,16-18H2,1H3,(H2,31,32,33)/b28-27+. The van der Waals surface area contributed by atoms with Gasteiger partial charge in [0.05, 0.1) is 12.3 Å². The summed E-state index contributed by atoms with van der Waals surface area (Å²) in [7, 11) is -4.51. The molecule has 36 heavy (non-hydrogen) atoms. The molecule has 0 unspecified atom stereocenters. The average Bonchev–Trinajstić information content (AvgIpc) is 3.22. The Balaban J connectivity index is 1.86. The first-order valence-corrected chi connectivity index (χ1v) is 15.1. The number of carbonyl (C=O) groups excluding carboxylic acids is 1. The van der Waals surface area contributed by atoms with Gasteiger partial charge in [-0.15, -0.1) is 10.2 Å². The molecule has 0 spiro atoms. The van der Waals surface area contributed by atoms with Crippen molar-refractivity contribution in [3.8, 4) is 0 Å². The molecular weight excluding hydrogens is 523 g/mol. The average molecular weight is 559 g/mol. The summed E-state index contributed by atoms with van der Waals surface area (Å²) in [5, 5.41) is 8.58. The van der Waals surface area contributed by atoms with Gasteiger partial charge < -0.3 is 14.7 Å². The fraction of sp³-hybridized carbons (Fsp3) is 0.583. The fourth-order valence-electron chi connectivity index (χ4n) is 3.68. The molecule has 200 valence electrons. The third-order valence-electron chi connectivity index (χ3n) is 5.57. The summed E-state index contributed by atoms with van der Waals surface area (Å²) >= 11 is 6.91. The lowest BCUT2D eigenvalue weighted by Gasteiger charge is -2.25.